The van der Waals surface area contributed by atoms with Gasteiger partial charge in [0.05, 0.1) is 25.0 Å². The third kappa shape index (κ3) is 10.3. The number of aliphatic hydroxyl groups excluding tert-OH is 1. The van der Waals surface area contributed by atoms with E-state index in [1.54, 1.807) is 28.6 Å². The van der Waals surface area contributed by atoms with Crippen molar-refractivity contribution in [2.24, 2.45) is 5.92 Å². The van der Waals surface area contributed by atoms with Crippen molar-refractivity contribution in [2.45, 2.75) is 76.3 Å². The summed E-state index contributed by atoms with van der Waals surface area (Å²) >= 11 is 1.55. The molecule has 2 rings (SSSR count). The summed E-state index contributed by atoms with van der Waals surface area (Å²) in [6.07, 6.45) is 4.75. The molecule has 12 heteroatoms. The molecular weight excluding hydrogens is 510 g/mol. The molecule has 3 amide bonds. The number of ether oxygens (including phenoxy) is 1. The molecule has 2 heterocycles. The number of carbonyl (C=O) groups excluding carboxylic acids is 4. The average Bonchev–Trinajstić information content (AvgIpc) is 2.81. The molecule has 9 nitrogen and oxygen atoms in total. The average molecular weight is 548 g/mol. The van der Waals surface area contributed by atoms with Gasteiger partial charge in [0.2, 0.25) is 17.7 Å². The number of hydrogen-bond acceptors (Lipinski definition) is 9. The standard InChI is InChI=1S/C23H37N3O6S3/c1-4-14(2)21-18(27)12-20(29)32-15-7-5-6-9-34-35-13-17(23(31)26-21)25-22(30)16(8-10-33-3)24-19(28)11-15/h5,7,14-18,21,27H,4,6,8-13H2,1-3H3,(H,24,28)(H,25,30)(H,26,31)/b7-5+/t14-,15+,16+,17+,18-,21?/m0/s1. The third-order valence-corrected chi connectivity index (χ3v) is 9.05. The molecule has 0 aromatic carbocycles. The maximum Gasteiger partial charge on any atom is 0.309 e. The summed E-state index contributed by atoms with van der Waals surface area (Å²) in [7, 11) is 3.05. The molecular formula is C23H37N3O6S3. The van der Waals surface area contributed by atoms with Crippen molar-refractivity contribution in [2.75, 3.05) is 23.5 Å². The zero-order chi connectivity index (χ0) is 25.8. The van der Waals surface area contributed by atoms with E-state index in [-0.39, 0.29) is 18.8 Å². The normalized spacial score (nSPS) is 31.5. The number of thioether (sulfide) groups is 1. The minimum atomic E-state index is -1.18. The molecule has 6 atom stereocenters. The van der Waals surface area contributed by atoms with Crippen molar-refractivity contribution >= 4 is 57.0 Å². The molecule has 1 unspecified atom stereocenters. The fourth-order valence-corrected chi connectivity index (χ4v) is 6.36. The summed E-state index contributed by atoms with van der Waals surface area (Å²) < 4.78 is 5.54. The van der Waals surface area contributed by atoms with E-state index >= 15 is 0 Å². The molecule has 0 aromatic heterocycles. The molecule has 1 fully saturated rings. The fraction of sp³-hybridized carbons (Fsp3) is 0.739. The quantitative estimate of drug-likeness (QED) is 0.230. The molecule has 0 aliphatic carbocycles. The number of aliphatic hydroxyl groups is 1. The van der Waals surface area contributed by atoms with Crippen LogP contribution >= 0.6 is 33.3 Å². The molecule has 0 spiro atoms. The van der Waals surface area contributed by atoms with E-state index in [2.05, 4.69) is 16.0 Å². The first kappa shape index (κ1) is 29.9. The first-order valence-corrected chi connectivity index (χ1v) is 15.8. The van der Waals surface area contributed by atoms with Gasteiger partial charge >= 0.3 is 5.97 Å². The lowest BCUT2D eigenvalue weighted by molar-refractivity contribution is -0.151. The van der Waals surface area contributed by atoms with Crippen LogP contribution in [-0.4, -0.2) is 82.6 Å². The monoisotopic (exact) mass is 547 g/mol. The first-order valence-electron chi connectivity index (χ1n) is 11.9. The highest BCUT2D eigenvalue weighted by Crippen LogP contribution is 2.24. The van der Waals surface area contributed by atoms with Crippen molar-refractivity contribution in [3.8, 4) is 0 Å². The second kappa shape index (κ2) is 15.7. The molecule has 4 N–H and O–H groups in total. The van der Waals surface area contributed by atoms with E-state index in [1.807, 2.05) is 26.2 Å². The molecule has 0 radical (unpaired) electrons. The third-order valence-electron chi connectivity index (χ3n) is 5.96. The van der Waals surface area contributed by atoms with Crippen LogP contribution < -0.4 is 16.0 Å². The topological polar surface area (TPSA) is 134 Å². The summed E-state index contributed by atoms with van der Waals surface area (Å²) in [5, 5.41) is 19.3. The summed E-state index contributed by atoms with van der Waals surface area (Å²) in [5.41, 5.74) is 0. The molecule has 1 saturated heterocycles. The van der Waals surface area contributed by atoms with Gasteiger partial charge in [0.1, 0.15) is 18.2 Å². The highest BCUT2D eigenvalue weighted by Gasteiger charge is 2.34. The zero-order valence-electron chi connectivity index (χ0n) is 20.5. The maximum absolute atomic E-state index is 13.3. The van der Waals surface area contributed by atoms with Gasteiger partial charge in [0, 0.05) is 11.5 Å². The number of allylic oxidation sites excluding steroid dienone is 1. The van der Waals surface area contributed by atoms with Crippen LogP contribution in [0.3, 0.4) is 0 Å². The van der Waals surface area contributed by atoms with Crippen LogP contribution in [0.15, 0.2) is 12.2 Å². The lowest BCUT2D eigenvalue weighted by Crippen LogP contribution is -2.58. The predicted octanol–water partition coefficient (Wildman–Crippen LogP) is 1.65. The van der Waals surface area contributed by atoms with E-state index in [0.29, 0.717) is 30.8 Å². The number of esters is 1. The van der Waals surface area contributed by atoms with Crippen LogP contribution in [0.25, 0.3) is 0 Å². The summed E-state index contributed by atoms with van der Waals surface area (Å²) in [6, 6.07) is -2.39. The number of amides is 3. The van der Waals surface area contributed by atoms with Crippen LogP contribution in [-0.2, 0) is 23.9 Å². The van der Waals surface area contributed by atoms with Crippen LogP contribution in [0.1, 0.15) is 46.0 Å². The second-order valence-corrected chi connectivity index (χ2v) is 12.3. The smallest absolute Gasteiger partial charge is 0.309 e. The lowest BCUT2D eigenvalue weighted by Gasteiger charge is -2.31. The van der Waals surface area contributed by atoms with Gasteiger partial charge in [0.15, 0.2) is 0 Å². The van der Waals surface area contributed by atoms with Crippen molar-refractivity contribution in [3.05, 3.63) is 12.2 Å². The van der Waals surface area contributed by atoms with Crippen molar-refractivity contribution < 1.29 is 29.0 Å². The van der Waals surface area contributed by atoms with Gasteiger partial charge in [-0.3, -0.25) is 19.2 Å². The zero-order valence-corrected chi connectivity index (χ0v) is 22.9. The summed E-state index contributed by atoms with van der Waals surface area (Å²) in [6.45, 7) is 3.82. The van der Waals surface area contributed by atoms with Gasteiger partial charge in [-0.15, -0.1) is 0 Å². The van der Waals surface area contributed by atoms with Crippen molar-refractivity contribution in [3.63, 3.8) is 0 Å². The Morgan fingerprint density at radius 3 is 2.63 bits per heavy atom. The Morgan fingerprint density at radius 2 is 1.91 bits per heavy atom. The van der Waals surface area contributed by atoms with Crippen molar-refractivity contribution in [1.82, 2.24) is 16.0 Å². The number of rotatable bonds is 5. The highest BCUT2D eigenvalue weighted by molar-refractivity contribution is 8.76. The van der Waals surface area contributed by atoms with Gasteiger partial charge in [-0.2, -0.15) is 11.8 Å². The minimum absolute atomic E-state index is 0.122. The van der Waals surface area contributed by atoms with Crippen LogP contribution in [0, 0.1) is 5.92 Å². The van der Waals surface area contributed by atoms with Gasteiger partial charge < -0.3 is 25.8 Å². The molecule has 2 aliphatic rings. The number of hydrogen-bond donors (Lipinski definition) is 4. The molecule has 0 saturated carbocycles. The molecule has 35 heavy (non-hydrogen) atoms. The summed E-state index contributed by atoms with van der Waals surface area (Å²) in [5.74, 6) is -0.362. The Bertz CT molecular complexity index is 769. The van der Waals surface area contributed by atoms with Crippen LogP contribution in [0.2, 0.25) is 0 Å². The van der Waals surface area contributed by atoms with E-state index in [1.165, 1.54) is 10.8 Å². The fourth-order valence-electron chi connectivity index (χ4n) is 3.74. The first-order chi connectivity index (χ1) is 16.7. The Morgan fingerprint density at radius 1 is 1.14 bits per heavy atom. The van der Waals surface area contributed by atoms with E-state index in [4.69, 9.17) is 4.74 Å². The number of carbonyl (C=O) groups is 4. The van der Waals surface area contributed by atoms with E-state index < -0.39 is 54.0 Å². The highest BCUT2D eigenvalue weighted by atomic mass is 33.1. The van der Waals surface area contributed by atoms with E-state index in [0.717, 1.165) is 5.75 Å². The Hall–Kier alpha value is -1.37. The largest absolute Gasteiger partial charge is 0.457 e. The Balaban J connectivity index is 2.46. The molecule has 0 aromatic rings. The van der Waals surface area contributed by atoms with Gasteiger partial charge in [0.25, 0.3) is 0 Å². The lowest BCUT2D eigenvalue weighted by atomic mass is 9.92. The van der Waals surface area contributed by atoms with Crippen LogP contribution in [0.5, 0.6) is 0 Å². The Kier molecular flexibility index (Phi) is 13.4. The van der Waals surface area contributed by atoms with Gasteiger partial charge in [-0.05, 0) is 36.8 Å². The predicted molar refractivity (Wildman–Crippen MR) is 142 cm³/mol. The number of fused-ring (bicyclic) bond motifs is 7. The van der Waals surface area contributed by atoms with Gasteiger partial charge in [-0.1, -0.05) is 47.9 Å². The number of nitrogens with one attached hydrogen (secondary N) is 3. The summed E-state index contributed by atoms with van der Waals surface area (Å²) in [4.78, 5) is 51.9. The van der Waals surface area contributed by atoms with Crippen LogP contribution in [0.4, 0.5) is 0 Å². The second-order valence-electron chi connectivity index (χ2n) is 8.71. The van der Waals surface area contributed by atoms with Crippen molar-refractivity contribution in [1.29, 1.82) is 0 Å². The van der Waals surface area contributed by atoms with E-state index in [9.17, 15) is 24.3 Å². The van der Waals surface area contributed by atoms with Gasteiger partial charge in [-0.25, -0.2) is 0 Å². The maximum atomic E-state index is 13.3. The molecule has 198 valence electrons. The SMILES string of the molecule is CC[C@H](C)C1NC(=O)[C@H]2CSSCC/C=C/[C@H](CC(=O)N[C@H](CCSC)C(=O)N2)OC(=O)C[C@@H]1O. The molecule has 2 bridgehead atoms. The Labute approximate surface area is 219 Å². The minimum Gasteiger partial charge on any atom is -0.457 e. The molecule has 2 aliphatic heterocycles.